The lowest BCUT2D eigenvalue weighted by atomic mass is 10.1. The number of nitriles is 1. The van der Waals surface area contributed by atoms with Gasteiger partial charge < -0.3 is 4.90 Å². The van der Waals surface area contributed by atoms with Gasteiger partial charge in [0.25, 0.3) is 0 Å². The molecule has 1 N–H and O–H groups in total. The number of nitrogens with one attached hydrogen (secondary N) is 1. The standard InChI is InChI=1S/C14H25N5O3S2/c1-3-16-19(9-14(20)18-11-23-10-13(18)8-15)12-4-6-17(7-5-12)24(2,21)22/h12-13,16H,3-7,9-11H2,1-2H3. The van der Waals surface area contributed by atoms with Crippen molar-refractivity contribution >= 4 is 27.7 Å². The lowest BCUT2D eigenvalue weighted by Crippen LogP contribution is -2.55. The Balaban J connectivity index is 1.95. The van der Waals surface area contributed by atoms with Crippen LogP contribution in [0.4, 0.5) is 0 Å². The van der Waals surface area contributed by atoms with E-state index in [2.05, 4.69) is 11.5 Å². The fraction of sp³-hybridized carbons (Fsp3) is 0.857. The minimum atomic E-state index is -3.15. The summed E-state index contributed by atoms with van der Waals surface area (Å²) in [5.74, 6) is 1.16. The van der Waals surface area contributed by atoms with E-state index in [1.807, 2.05) is 11.9 Å². The van der Waals surface area contributed by atoms with Gasteiger partial charge in [-0.3, -0.25) is 10.2 Å². The monoisotopic (exact) mass is 375 g/mol. The van der Waals surface area contributed by atoms with E-state index in [0.29, 0.717) is 44.1 Å². The Bertz CT molecular complexity index is 584. The Labute approximate surface area is 148 Å². The van der Waals surface area contributed by atoms with Gasteiger partial charge in [-0.15, -0.1) is 11.8 Å². The predicted molar refractivity (Wildman–Crippen MR) is 93.4 cm³/mol. The fourth-order valence-corrected chi connectivity index (χ4v) is 5.01. The molecule has 136 valence electrons. The number of nitrogens with zero attached hydrogens (tertiary/aromatic N) is 4. The Kier molecular flexibility index (Phi) is 6.88. The fourth-order valence-electron chi connectivity index (χ4n) is 3.03. The molecule has 2 fully saturated rings. The predicted octanol–water partition coefficient (Wildman–Crippen LogP) is -0.338. The van der Waals surface area contributed by atoms with Crippen LogP contribution >= 0.6 is 11.8 Å². The molecular weight excluding hydrogens is 350 g/mol. The number of hydrogen-bond acceptors (Lipinski definition) is 7. The van der Waals surface area contributed by atoms with Crippen LogP contribution in [0.2, 0.25) is 0 Å². The average Bonchev–Trinajstić information content (AvgIpc) is 3.02. The van der Waals surface area contributed by atoms with Crippen LogP contribution in [0.15, 0.2) is 0 Å². The minimum absolute atomic E-state index is 0.0574. The van der Waals surface area contributed by atoms with E-state index in [-0.39, 0.29) is 24.5 Å². The molecule has 10 heteroatoms. The number of amides is 1. The number of piperidine rings is 1. The van der Waals surface area contributed by atoms with E-state index in [0.717, 1.165) is 0 Å². The van der Waals surface area contributed by atoms with Gasteiger partial charge in [-0.2, -0.15) is 5.26 Å². The summed E-state index contributed by atoms with van der Waals surface area (Å²) in [5.41, 5.74) is 3.22. The molecule has 2 aliphatic rings. The van der Waals surface area contributed by atoms with Crippen molar-refractivity contribution in [1.29, 1.82) is 5.26 Å². The molecule has 2 aliphatic heterocycles. The topological polar surface area (TPSA) is 96.8 Å². The highest BCUT2D eigenvalue weighted by Gasteiger charge is 2.33. The van der Waals surface area contributed by atoms with Crippen molar-refractivity contribution in [2.24, 2.45) is 0 Å². The van der Waals surface area contributed by atoms with Gasteiger partial charge in [-0.05, 0) is 12.8 Å². The summed E-state index contributed by atoms with van der Waals surface area (Å²) in [6, 6.07) is 1.94. The van der Waals surface area contributed by atoms with Gasteiger partial charge >= 0.3 is 0 Å². The molecule has 24 heavy (non-hydrogen) atoms. The normalized spacial score (nSPS) is 23.6. The van der Waals surface area contributed by atoms with Crippen LogP contribution in [-0.4, -0.2) is 84.7 Å². The number of sulfonamides is 1. The van der Waals surface area contributed by atoms with Crippen LogP contribution < -0.4 is 5.43 Å². The summed E-state index contributed by atoms with van der Waals surface area (Å²) in [6.45, 7) is 3.80. The average molecular weight is 376 g/mol. The first kappa shape index (κ1) is 19.5. The van der Waals surface area contributed by atoms with Crippen LogP contribution in [0.5, 0.6) is 0 Å². The number of hydrogen-bond donors (Lipinski definition) is 1. The molecule has 8 nitrogen and oxygen atoms in total. The van der Waals surface area contributed by atoms with E-state index in [1.54, 1.807) is 16.7 Å². The Morgan fingerprint density at radius 3 is 2.62 bits per heavy atom. The number of carbonyl (C=O) groups is 1. The highest BCUT2D eigenvalue weighted by atomic mass is 32.2. The summed E-state index contributed by atoms with van der Waals surface area (Å²) in [6.07, 6.45) is 2.60. The first-order valence-corrected chi connectivity index (χ1v) is 11.1. The van der Waals surface area contributed by atoms with E-state index in [1.165, 1.54) is 10.6 Å². The maximum absolute atomic E-state index is 12.5. The highest BCUT2D eigenvalue weighted by molar-refractivity contribution is 7.99. The second-order valence-electron chi connectivity index (χ2n) is 6.04. The zero-order valence-corrected chi connectivity index (χ0v) is 15.8. The quantitative estimate of drug-likeness (QED) is 0.635. The number of hydrazine groups is 1. The summed E-state index contributed by atoms with van der Waals surface area (Å²) >= 11 is 1.59. The third-order valence-electron chi connectivity index (χ3n) is 4.35. The first-order chi connectivity index (χ1) is 11.4. The van der Waals surface area contributed by atoms with E-state index in [4.69, 9.17) is 5.26 Å². The molecule has 1 unspecified atom stereocenters. The first-order valence-electron chi connectivity index (χ1n) is 8.09. The maximum Gasteiger partial charge on any atom is 0.240 e. The molecule has 2 saturated heterocycles. The van der Waals surface area contributed by atoms with Gasteiger partial charge in [0.1, 0.15) is 6.04 Å². The summed E-state index contributed by atoms with van der Waals surface area (Å²) in [7, 11) is -3.15. The minimum Gasteiger partial charge on any atom is -0.315 e. The lowest BCUT2D eigenvalue weighted by Gasteiger charge is -2.38. The van der Waals surface area contributed by atoms with Crippen LogP contribution in [0.25, 0.3) is 0 Å². The second kappa shape index (κ2) is 8.49. The van der Waals surface area contributed by atoms with Gasteiger partial charge in [0.2, 0.25) is 15.9 Å². The second-order valence-corrected chi connectivity index (χ2v) is 9.02. The Morgan fingerprint density at radius 2 is 2.08 bits per heavy atom. The Hall–Kier alpha value is -0.860. The van der Waals surface area contributed by atoms with Crippen molar-refractivity contribution < 1.29 is 13.2 Å². The van der Waals surface area contributed by atoms with Crippen molar-refractivity contribution in [3.63, 3.8) is 0 Å². The third kappa shape index (κ3) is 4.83. The number of rotatable bonds is 6. The molecule has 0 aromatic carbocycles. The molecule has 0 aromatic heterocycles. The van der Waals surface area contributed by atoms with E-state index >= 15 is 0 Å². The molecule has 1 atom stereocenters. The summed E-state index contributed by atoms with van der Waals surface area (Å²) in [5, 5.41) is 11.0. The van der Waals surface area contributed by atoms with Gasteiger partial charge in [-0.1, -0.05) is 6.92 Å². The SMILES string of the molecule is CCNN(CC(=O)N1CSCC1C#N)C1CCN(S(C)(=O)=O)CC1. The molecule has 0 radical (unpaired) electrons. The maximum atomic E-state index is 12.5. The van der Waals surface area contributed by atoms with E-state index in [9.17, 15) is 13.2 Å². The zero-order valence-electron chi connectivity index (χ0n) is 14.1. The highest BCUT2D eigenvalue weighted by Crippen LogP contribution is 2.22. The van der Waals surface area contributed by atoms with Crippen molar-refractivity contribution in [3.8, 4) is 6.07 Å². The summed E-state index contributed by atoms with van der Waals surface area (Å²) in [4.78, 5) is 14.2. The molecular formula is C14H25N5O3S2. The van der Waals surface area contributed by atoms with Crippen molar-refractivity contribution in [2.75, 3.05) is 44.1 Å². The third-order valence-corrected chi connectivity index (χ3v) is 6.67. The molecule has 1 amide bonds. The van der Waals surface area contributed by atoms with Crippen LogP contribution in [-0.2, 0) is 14.8 Å². The van der Waals surface area contributed by atoms with Gasteiger partial charge in [-0.25, -0.2) is 17.7 Å². The molecule has 0 saturated carbocycles. The van der Waals surface area contributed by atoms with Crippen LogP contribution in [0.1, 0.15) is 19.8 Å². The molecule has 0 bridgehead atoms. The van der Waals surface area contributed by atoms with Gasteiger partial charge in [0.05, 0.1) is 24.7 Å². The molecule has 0 aromatic rings. The smallest absolute Gasteiger partial charge is 0.240 e. The van der Waals surface area contributed by atoms with Crippen LogP contribution in [0, 0.1) is 11.3 Å². The van der Waals surface area contributed by atoms with Crippen molar-refractivity contribution in [1.82, 2.24) is 19.6 Å². The van der Waals surface area contributed by atoms with Gasteiger partial charge in [0, 0.05) is 31.4 Å². The zero-order chi connectivity index (χ0) is 17.7. The largest absolute Gasteiger partial charge is 0.315 e. The molecule has 2 heterocycles. The molecule has 0 aliphatic carbocycles. The number of carbonyl (C=O) groups excluding carboxylic acids is 1. The Morgan fingerprint density at radius 1 is 1.42 bits per heavy atom. The van der Waals surface area contributed by atoms with Gasteiger partial charge in [0.15, 0.2) is 0 Å². The van der Waals surface area contributed by atoms with E-state index < -0.39 is 10.0 Å². The molecule has 2 rings (SSSR count). The van der Waals surface area contributed by atoms with Crippen molar-refractivity contribution in [2.45, 2.75) is 31.8 Å². The summed E-state index contributed by atoms with van der Waals surface area (Å²) < 4.78 is 24.7. The van der Waals surface area contributed by atoms with Crippen LogP contribution in [0.3, 0.4) is 0 Å². The number of thioether (sulfide) groups is 1. The lowest BCUT2D eigenvalue weighted by molar-refractivity contribution is -0.133. The van der Waals surface area contributed by atoms with Crippen molar-refractivity contribution in [3.05, 3.63) is 0 Å². The molecule has 0 spiro atoms.